The van der Waals surface area contributed by atoms with Crippen molar-refractivity contribution in [2.45, 2.75) is 26.6 Å². The molecule has 1 aliphatic rings. The molecule has 26 heavy (non-hydrogen) atoms. The summed E-state index contributed by atoms with van der Waals surface area (Å²) < 4.78 is 14.2. The number of rotatable bonds is 7. The van der Waals surface area contributed by atoms with Gasteiger partial charge in [-0.2, -0.15) is 0 Å². The zero-order valence-electron chi connectivity index (χ0n) is 16.1. The van der Waals surface area contributed by atoms with Crippen molar-refractivity contribution >= 4 is 37.2 Å². The average molecular weight is 411 g/mol. The Morgan fingerprint density at radius 1 is 1.12 bits per heavy atom. The number of hydrogen-bond acceptors (Lipinski definition) is 5. The summed E-state index contributed by atoms with van der Waals surface area (Å²) in [6.45, 7) is 23.4. The Kier molecular flexibility index (Phi) is 7.13. The van der Waals surface area contributed by atoms with E-state index in [9.17, 15) is 9.59 Å². The molecule has 0 aromatic heterocycles. The molecule has 2 amide bonds. The lowest BCUT2D eigenvalue weighted by atomic mass is 10.4. The third-order valence-corrected chi connectivity index (χ3v) is 17.3. The second-order valence-electron chi connectivity index (χ2n) is 6.91. The predicted molar refractivity (Wildman–Crippen MR) is 113 cm³/mol. The summed E-state index contributed by atoms with van der Waals surface area (Å²) in [6, 6.07) is -0.223. The molecule has 0 aromatic rings. The minimum atomic E-state index is -2.58. The van der Waals surface area contributed by atoms with Gasteiger partial charge < -0.3 is 23.6 Å². The highest BCUT2D eigenvalue weighted by Crippen LogP contribution is 2.17. The first kappa shape index (κ1) is 22.3. The minimum Gasteiger partial charge on any atom is -0.460 e. The summed E-state index contributed by atoms with van der Waals surface area (Å²) in [6.07, 6.45) is 0. The quantitative estimate of drug-likeness (QED) is 0.338. The van der Waals surface area contributed by atoms with E-state index in [1.165, 1.54) is 0 Å². The molecule has 0 bridgehead atoms. The average Bonchev–Trinajstić information content (AvgIpc) is 2.56. The first-order valence-corrected chi connectivity index (χ1v) is 16.0. The second-order valence-corrected chi connectivity index (χ2v) is 18.0. The van der Waals surface area contributed by atoms with Gasteiger partial charge in [-0.3, -0.25) is 4.79 Å². The monoisotopic (exact) mass is 410 g/mol. The Balaban J connectivity index is 3.17. The van der Waals surface area contributed by atoms with Gasteiger partial charge in [0, 0.05) is 12.1 Å². The molecular formula is C16H30N4O3Si3. The summed E-state index contributed by atoms with van der Waals surface area (Å²) in [5, 5.41) is 0. The van der Waals surface area contributed by atoms with Crippen molar-refractivity contribution < 1.29 is 14.3 Å². The molecule has 1 rings (SSSR count). The zero-order valence-corrected chi connectivity index (χ0v) is 19.1. The van der Waals surface area contributed by atoms with Crippen molar-refractivity contribution in [3.8, 4) is 0 Å². The summed E-state index contributed by atoms with van der Waals surface area (Å²) in [4.78, 5) is 27.7. The van der Waals surface area contributed by atoms with Gasteiger partial charge in [0.2, 0.25) is 16.8 Å². The summed E-state index contributed by atoms with van der Waals surface area (Å²) >= 11 is 0. The maximum atomic E-state index is 13.0. The topological polar surface area (TPSA) is 82.7 Å². The van der Waals surface area contributed by atoms with Gasteiger partial charge in [0.25, 0.3) is 8.40 Å². The molecule has 3 unspecified atom stereocenters. The fraction of sp³-hybridized carbons (Fsp3) is 0.375. The number of carbonyl (C=O) groups excluding carboxylic acids is 2. The van der Waals surface area contributed by atoms with Crippen molar-refractivity contribution in [1.29, 1.82) is 0 Å². The van der Waals surface area contributed by atoms with Crippen LogP contribution in [0.25, 0.3) is 0 Å². The van der Waals surface area contributed by atoms with E-state index in [0.717, 1.165) is 0 Å². The van der Waals surface area contributed by atoms with E-state index in [-0.39, 0.29) is 19.2 Å². The maximum absolute atomic E-state index is 13.0. The third kappa shape index (κ3) is 5.14. The van der Waals surface area contributed by atoms with Crippen LogP contribution in [0.3, 0.4) is 0 Å². The van der Waals surface area contributed by atoms with Crippen LogP contribution in [-0.2, 0) is 9.53 Å². The Labute approximate surface area is 159 Å². The molecule has 10 heteroatoms. The molecule has 3 N–H and O–H groups in total. The number of urea groups is 1. The van der Waals surface area contributed by atoms with Crippen LogP contribution >= 0.6 is 0 Å². The Hall–Kier alpha value is -1.73. The SMILES string of the molecule is C=C[Si]1(C)NC(=O)N(CCOC(=O)C(=C)C)[Si](C)(C=C)N[Si](C)(C=C)N1. The number of amides is 2. The van der Waals surface area contributed by atoms with E-state index in [1.54, 1.807) is 17.2 Å². The molecular weight excluding hydrogens is 380 g/mol. The van der Waals surface area contributed by atoms with E-state index >= 15 is 0 Å². The van der Waals surface area contributed by atoms with Crippen LogP contribution in [-0.4, -0.2) is 54.9 Å². The number of hydrogen-bond donors (Lipinski definition) is 3. The Morgan fingerprint density at radius 2 is 1.69 bits per heavy atom. The van der Waals surface area contributed by atoms with Crippen LogP contribution in [0.5, 0.6) is 0 Å². The van der Waals surface area contributed by atoms with Crippen LogP contribution in [0.1, 0.15) is 6.92 Å². The lowest BCUT2D eigenvalue weighted by molar-refractivity contribution is -0.139. The molecule has 0 aromatic carbocycles. The highest BCUT2D eigenvalue weighted by atomic mass is 28.4. The van der Waals surface area contributed by atoms with Crippen LogP contribution in [0, 0.1) is 0 Å². The van der Waals surface area contributed by atoms with Gasteiger partial charge in [0.1, 0.15) is 6.61 Å². The molecule has 144 valence electrons. The fourth-order valence-electron chi connectivity index (χ4n) is 2.75. The van der Waals surface area contributed by atoms with Crippen molar-refractivity contribution in [3.05, 3.63) is 49.0 Å². The zero-order chi connectivity index (χ0) is 20.2. The first-order chi connectivity index (χ1) is 11.9. The Bertz CT molecular complexity index is 644. The summed E-state index contributed by atoms with van der Waals surface area (Å²) in [5.41, 5.74) is 5.83. The first-order valence-electron chi connectivity index (χ1n) is 8.36. The molecule has 1 saturated heterocycles. The van der Waals surface area contributed by atoms with Crippen molar-refractivity contribution in [2.75, 3.05) is 13.2 Å². The molecule has 3 atom stereocenters. The van der Waals surface area contributed by atoms with Gasteiger partial charge in [-0.15, -0.1) is 19.7 Å². The highest BCUT2D eigenvalue weighted by molar-refractivity contribution is 7.02. The van der Waals surface area contributed by atoms with Gasteiger partial charge in [0.15, 0.2) is 0 Å². The number of nitrogens with one attached hydrogen (secondary N) is 3. The van der Waals surface area contributed by atoms with E-state index in [2.05, 4.69) is 47.1 Å². The van der Waals surface area contributed by atoms with Crippen LogP contribution in [0.2, 0.25) is 19.6 Å². The molecule has 0 saturated carbocycles. The standard InChI is InChI=1S/C16H30N4O3Si3/c1-9-24(6)17-16(22)20(12-13-23-15(21)14(4)5)26(8,11-3)19-25(7,10-2)18-24/h9-11,18-19H,1-4,12-13H2,5-8H3,(H,17,22). The number of nitrogens with zero attached hydrogens (tertiary/aromatic N) is 1. The van der Waals surface area contributed by atoms with Gasteiger partial charge in [-0.25, -0.2) is 4.79 Å². The normalized spacial score (nSPS) is 31.8. The lowest BCUT2D eigenvalue weighted by Gasteiger charge is -2.48. The molecule has 0 radical (unpaired) electrons. The van der Waals surface area contributed by atoms with Crippen molar-refractivity contribution in [3.63, 3.8) is 0 Å². The smallest absolute Gasteiger partial charge is 0.333 e. The fourth-order valence-corrected chi connectivity index (χ4v) is 16.6. The van der Waals surface area contributed by atoms with Crippen LogP contribution < -0.4 is 14.3 Å². The van der Waals surface area contributed by atoms with E-state index in [0.29, 0.717) is 5.57 Å². The van der Waals surface area contributed by atoms with Gasteiger partial charge in [-0.05, 0) is 26.6 Å². The molecule has 7 nitrogen and oxygen atoms in total. The van der Waals surface area contributed by atoms with Crippen LogP contribution in [0.4, 0.5) is 4.79 Å². The van der Waals surface area contributed by atoms with Gasteiger partial charge in [-0.1, -0.05) is 23.7 Å². The van der Waals surface area contributed by atoms with Gasteiger partial charge >= 0.3 is 12.0 Å². The summed E-state index contributed by atoms with van der Waals surface area (Å²) in [5.74, 6) is -0.468. The minimum absolute atomic E-state index is 0.0867. The maximum Gasteiger partial charge on any atom is 0.333 e. The van der Waals surface area contributed by atoms with E-state index in [4.69, 9.17) is 4.74 Å². The van der Waals surface area contributed by atoms with Crippen LogP contribution in [0.15, 0.2) is 49.0 Å². The molecule has 1 heterocycles. The number of esters is 1. The molecule has 0 aliphatic carbocycles. The van der Waals surface area contributed by atoms with E-state index in [1.807, 2.05) is 24.5 Å². The second kappa shape index (κ2) is 8.31. The lowest BCUT2D eigenvalue weighted by Crippen LogP contribution is -2.84. The van der Waals surface area contributed by atoms with Crippen molar-refractivity contribution in [2.24, 2.45) is 0 Å². The van der Waals surface area contributed by atoms with Gasteiger partial charge in [0.05, 0.1) is 0 Å². The molecule has 1 aliphatic heterocycles. The third-order valence-electron chi connectivity index (χ3n) is 4.32. The number of ether oxygens (including phenoxy) is 1. The molecule has 0 spiro atoms. The highest BCUT2D eigenvalue weighted by Gasteiger charge is 2.48. The molecule has 1 fully saturated rings. The predicted octanol–water partition coefficient (Wildman–Crippen LogP) is 1.70. The van der Waals surface area contributed by atoms with Crippen molar-refractivity contribution in [1.82, 2.24) is 18.8 Å². The van der Waals surface area contributed by atoms with E-state index < -0.39 is 31.2 Å². The Morgan fingerprint density at radius 3 is 2.15 bits per heavy atom. The number of carbonyl (C=O) groups is 2. The largest absolute Gasteiger partial charge is 0.460 e. The summed E-state index contributed by atoms with van der Waals surface area (Å²) in [7, 11) is -7.31.